The standard InChI is InChI=1S/C59H34N4O2/c1-2-13-35(14-3-1)36-25-27-37(28-26-36)57-60-58(45-22-12-21-44-42-19-8-11-24-54(42)65-56(44)45)62-59(61-57)49-33-48-43-20-9-10-23-53(43)64-55(48)34-52(49)63-50-31-40-17-6-4-15-38(40)29-46(50)47-30-39-16-5-7-18-41(39)32-51(47)63/h1-34H. The maximum absolute atomic E-state index is 6.68. The Hall–Kier alpha value is -8.87. The van der Waals surface area contributed by atoms with Crippen LogP contribution in [-0.2, 0) is 0 Å². The van der Waals surface area contributed by atoms with Gasteiger partial charge < -0.3 is 13.4 Å². The molecule has 14 aromatic rings. The van der Waals surface area contributed by atoms with E-state index in [0.29, 0.717) is 17.5 Å². The van der Waals surface area contributed by atoms with E-state index in [4.69, 9.17) is 23.8 Å². The van der Waals surface area contributed by atoms with Gasteiger partial charge in [-0.25, -0.2) is 15.0 Å². The summed E-state index contributed by atoms with van der Waals surface area (Å²) < 4.78 is 15.7. The fourth-order valence-electron chi connectivity index (χ4n) is 9.88. The Morgan fingerprint density at radius 3 is 1.49 bits per heavy atom. The molecule has 302 valence electrons. The van der Waals surface area contributed by atoms with Gasteiger partial charge in [0.25, 0.3) is 0 Å². The molecule has 0 atom stereocenters. The van der Waals surface area contributed by atoms with E-state index in [9.17, 15) is 0 Å². The van der Waals surface area contributed by atoms with Gasteiger partial charge in [-0.3, -0.25) is 0 Å². The minimum absolute atomic E-state index is 0.518. The zero-order chi connectivity index (χ0) is 42.6. The van der Waals surface area contributed by atoms with Crippen LogP contribution < -0.4 is 0 Å². The molecule has 0 spiro atoms. The molecule has 0 aliphatic carbocycles. The molecule has 0 amide bonds. The van der Waals surface area contributed by atoms with E-state index >= 15 is 0 Å². The molecule has 6 nitrogen and oxygen atoms in total. The van der Waals surface area contributed by atoms with Gasteiger partial charge in [-0.05, 0) is 81.2 Å². The predicted molar refractivity (Wildman–Crippen MR) is 265 cm³/mol. The Morgan fingerprint density at radius 1 is 0.308 bits per heavy atom. The van der Waals surface area contributed by atoms with Crippen LogP contribution in [0.3, 0.4) is 0 Å². The highest BCUT2D eigenvalue weighted by molar-refractivity contribution is 6.18. The summed E-state index contributed by atoms with van der Waals surface area (Å²) in [4.78, 5) is 16.2. The third kappa shape index (κ3) is 5.57. The van der Waals surface area contributed by atoms with Crippen LogP contribution in [0.5, 0.6) is 0 Å². The molecule has 65 heavy (non-hydrogen) atoms. The van der Waals surface area contributed by atoms with E-state index in [1.54, 1.807) is 0 Å². The maximum atomic E-state index is 6.68. The van der Waals surface area contributed by atoms with Gasteiger partial charge >= 0.3 is 0 Å². The minimum Gasteiger partial charge on any atom is -0.456 e. The summed E-state index contributed by atoms with van der Waals surface area (Å²) in [5, 5.41) is 11.0. The second kappa shape index (κ2) is 13.8. The van der Waals surface area contributed by atoms with Gasteiger partial charge in [-0.1, -0.05) is 152 Å². The van der Waals surface area contributed by atoms with Crippen LogP contribution in [-0.4, -0.2) is 19.5 Å². The van der Waals surface area contributed by atoms with Crippen molar-refractivity contribution in [3.05, 3.63) is 206 Å². The van der Waals surface area contributed by atoms with E-state index in [1.807, 2.05) is 42.5 Å². The van der Waals surface area contributed by atoms with E-state index in [-0.39, 0.29) is 0 Å². The van der Waals surface area contributed by atoms with Crippen LogP contribution in [0.2, 0.25) is 0 Å². The van der Waals surface area contributed by atoms with Crippen molar-refractivity contribution in [1.29, 1.82) is 0 Å². The molecule has 0 bridgehead atoms. The molecule has 0 saturated heterocycles. The lowest BCUT2D eigenvalue weighted by atomic mass is 10.0. The first-order valence-corrected chi connectivity index (χ1v) is 21.8. The quantitative estimate of drug-likeness (QED) is 0.173. The number of fused-ring (bicyclic) bond motifs is 11. The first kappa shape index (κ1) is 35.7. The average molecular weight is 831 g/mol. The zero-order valence-corrected chi connectivity index (χ0v) is 34.7. The summed E-state index contributed by atoms with van der Waals surface area (Å²) in [5.74, 6) is 1.60. The summed E-state index contributed by atoms with van der Waals surface area (Å²) in [6.45, 7) is 0. The highest BCUT2D eigenvalue weighted by atomic mass is 16.3. The molecular weight excluding hydrogens is 797 g/mol. The molecule has 0 aliphatic heterocycles. The van der Waals surface area contributed by atoms with Crippen molar-refractivity contribution in [2.24, 2.45) is 0 Å². The van der Waals surface area contributed by atoms with Crippen LogP contribution in [0, 0.1) is 0 Å². The second-order valence-corrected chi connectivity index (χ2v) is 16.8. The normalized spacial score (nSPS) is 12.0. The summed E-state index contributed by atoms with van der Waals surface area (Å²) in [5.41, 5.74) is 10.9. The van der Waals surface area contributed by atoms with Crippen molar-refractivity contribution in [1.82, 2.24) is 19.5 Å². The first-order chi connectivity index (χ1) is 32.2. The van der Waals surface area contributed by atoms with Crippen molar-refractivity contribution < 1.29 is 8.83 Å². The highest BCUT2D eigenvalue weighted by Gasteiger charge is 2.24. The fourth-order valence-corrected chi connectivity index (χ4v) is 9.88. The van der Waals surface area contributed by atoms with Crippen LogP contribution in [0.25, 0.3) is 138 Å². The number of aromatic nitrogens is 4. The number of hydrogen-bond donors (Lipinski definition) is 0. The van der Waals surface area contributed by atoms with Gasteiger partial charge in [0, 0.05) is 49.5 Å². The lowest BCUT2D eigenvalue weighted by molar-refractivity contribution is 0.668. The lowest BCUT2D eigenvalue weighted by Crippen LogP contribution is -2.04. The number of benzene rings is 10. The molecule has 0 N–H and O–H groups in total. The van der Waals surface area contributed by atoms with E-state index in [1.165, 1.54) is 10.8 Å². The maximum Gasteiger partial charge on any atom is 0.167 e. The largest absolute Gasteiger partial charge is 0.456 e. The van der Waals surface area contributed by atoms with Gasteiger partial charge in [0.05, 0.1) is 22.3 Å². The molecule has 4 aromatic heterocycles. The summed E-state index contributed by atoms with van der Waals surface area (Å²) >= 11 is 0. The third-order valence-corrected chi connectivity index (χ3v) is 13.0. The number of rotatable bonds is 5. The van der Waals surface area contributed by atoms with Crippen molar-refractivity contribution in [2.45, 2.75) is 0 Å². The lowest BCUT2D eigenvalue weighted by Gasteiger charge is -2.15. The average Bonchev–Trinajstić information content (AvgIpc) is 4.03. The van der Waals surface area contributed by atoms with Crippen LogP contribution in [0.1, 0.15) is 0 Å². The molecule has 0 aliphatic rings. The molecule has 10 aromatic carbocycles. The van der Waals surface area contributed by atoms with Crippen LogP contribution >= 0.6 is 0 Å². The molecule has 0 radical (unpaired) electrons. The van der Waals surface area contributed by atoms with E-state index in [2.05, 4.69) is 168 Å². The monoisotopic (exact) mass is 830 g/mol. The van der Waals surface area contributed by atoms with Gasteiger partial charge in [0.15, 0.2) is 17.5 Å². The predicted octanol–water partition coefficient (Wildman–Crippen LogP) is 15.7. The Balaban J connectivity index is 1.10. The van der Waals surface area contributed by atoms with Crippen LogP contribution in [0.15, 0.2) is 215 Å². The fraction of sp³-hybridized carbons (Fsp3) is 0. The third-order valence-electron chi connectivity index (χ3n) is 13.0. The molecular formula is C59H34N4O2. The molecule has 4 heterocycles. The van der Waals surface area contributed by atoms with Gasteiger partial charge in [0.1, 0.15) is 22.3 Å². The summed E-state index contributed by atoms with van der Waals surface area (Å²) in [6, 6.07) is 72.2. The van der Waals surface area contributed by atoms with Gasteiger partial charge in [0.2, 0.25) is 0 Å². The minimum atomic E-state index is 0.518. The van der Waals surface area contributed by atoms with Crippen molar-refractivity contribution in [2.75, 3.05) is 0 Å². The topological polar surface area (TPSA) is 69.9 Å². The number of hydrogen-bond acceptors (Lipinski definition) is 5. The molecule has 0 saturated carbocycles. The molecule has 0 unspecified atom stereocenters. The highest BCUT2D eigenvalue weighted by Crippen LogP contribution is 2.43. The van der Waals surface area contributed by atoms with Crippen molar-refractivity contribution in [3.8, 4) is 51.0 Å². The van der Waals surface area contributed by atoms with E-state index in [0.717, 1.165) is 110 Å². The van der Waals surface area contributed by atoms with Gasteiger partial charge in [-0.15, -0.1) is 0 Å². The first-order valence-electron chi connectivity index (χ1n) is 21.8. The van der Waals surface area contributed by atoms with Gasteiger partial charge in [-0.2, -0.15) is 0 Å². The Morgan fingerprint density at radius 2 is 0.815 bits per heavy atom. The zero-order valence-electron chi connectivity index (χ0n) is 34.7. The molecule has 14 rings (SSSR count). The Kier molecular flexibility index (Phi) is 7.59. The van der Waals surface area contributed by atoms with Crippen LogP contribution in [0.4, 0.5) is 0 Å². The van der Waals surface area contributed by atoms with E-state index < -0.39 is 0 Å². The number of furan rings is 2. The van der Waals surface area contributed by atoms with Crippen molar-refractivity contribution in [3.63, 3.8) is 0 Å². The Labute approximate surface area is 371 Å². The molecule has 6 heteroatoms. The molecule has 0 fully saturated rings. The second-order valence-electron chi connectivity index (χ2n) is 16.8. The summed E-state index contributed by atoms with van der Waals surface area (Å²) in [7, 11) is 0. The SMILES string of the molecule is c1ccc(-c2ccc(-c3nc(-c4cc5c(cc4-n4c6cc7ccccc7cc6c6cc7ccccc7cc64)oc4ccccc45)nc(-c4cccc5c4oc4ccccc45)n3)cc2)cc1. The van der Waals surface area contributed by atoms with Crippen molar-refractivity contribution >= 4 is 87.2 Å². The summed E-state index contributed by atoms with van der Waals surface area (Å²) in [6.07, 6.45) is 0. The number of nitrogens with zero attached hydrogens (tertiary/aromatic N) is 4. The smallest absolute Gasteiger partial charge is 0.167 e. The number of para-hydroxylation sites is 3. The Bertz CT molecular complexity index is 4140.